The number of carbonyl (C=O) groups excluding carboxylic acids is 3. The van der Waals surface area contributed by atoms with Gasteiger partial charge in [0.2, 0.25) is 5.91 Å². The Labute approximate surface area is 169 Å². The highest BCUT2D eigenvalue weighted by molar-refractivity contribution is 8.13. The number of benzene rings is 2. The molecule has 0 spiro atoms. The van der Waals surface area contributed by atoms with E-state index >= 15 is 0 Å². The fourth-order valence-electron chi connectivity index (χ4n) is 2.72. The van der Waals surface area contributed by atoms with Gasteiger partial charge in [-0.1, -0.05) is 43.0 Å². The van der Waals surface area contributed by atoms with Crippen LogP contribution in [-0.2, 0) is 19.1 Å². The Hall–Kier alpha value is -2.54. The van der Waals surface area contributed by atoms with Gasteiger partial charge in [-0.2, -0.15) is 0 Å². The average molecular weight is 404 g/mol. The van der Waals surface area contributed by atoms with Gasteiger partial charge in [-0.25, -0.2) is 4.79 Å². The molecule has 0 radical (unpaired) electrons. The summed E-state index contributed by atoms with van der Waals surface area (Å²) in [4.78, 5) is 35.9. The first-order valence-corrected chi connectivity index (χ1v) is 10.0. The first-order valence-electron chi connectivity index (χ1n) is 9.03. The quantitative estimate of drug-likeness (QED) is 0.681. The molecule has 0 aliphatic carbocycles. The van der Waals surface area contributed by atoms with Crippen LogP contribution in [-0.4, -0.2) is 42.5 Å². The number of carbonyl (C=O) groups is 3. The monoisotopic (exact) mass is 403 g/mol. The molecule has 1 amide bonds. The maximum absolute atomic E-state index is 12.6. The number of ether oxygens (including phenoxy) is 2. The van der Waals surface area contributed by atoms with Crippen LogP contribution in [0.15, 0.2) is 36.4 Å². The minimum Gasteiger partial charge on any atom is -0.497 e. The molecule has 0 saturated carbocycles. The van der Waals surface area contributed by atoms with Crippen molar-refractivity contribution in [1.82, 2.24) is 5.32 Å². The Bertz CT molecular complexity index is 867. The van der Waals surface area contributed by atoms with Gasteiger partial charge in [0.1, 0.15) is 11.8 Å². The molecule has 2 rings (SSSR count). The Kier molecular flexibility index (Phi) is 7.87. The zero-order valence-corrected chi connectivity index (χ0v) is 17.3. The molecule has 0 saturated heterocycles. The van der Waals surface area contributed by atoms with Crippen molar-refractivity contribution in [3.8, 4) is 5.75 Å². The van der Waals surface area contributed by atoms with Crippen molar-refractivity contribution < 1.29 is 23.9 Å². The third kappa shape index (κ3) is 5.73. The third-order valence-corrected chi connectivity index (χ3v) is 5.40. The van der Waals surface area contributed by atoms with Gasteiger partial charge in [-0.15, -0.1) is 0 Å². The van der Waals surface area contributed by atoms with Gasteiger partial charge < -0.3 is 14.8 Å². The van der Waals surface area contributed by atoms with Crippen LogP contribution in [0, 0.1) is 0 Å². The summed E-state index contributed by atoms with van der Waals surface area (Å²) in [6.45, 7) is 5.06. The molecule has 28 heavy (non-hydrogen) atoms. The normalized spacial score (nSPS) is 12.9. The summed E-state index contributed by atoms with van der Waals surface area (Å²) in [7, 11) is 1.62. The van der Waals surface area contributed by atoms with E-state index in [9.17, 15) is 14.4 Å². The molecule has 1 unspecified atom stereocenters. The lowest BCUT2D eigenvalue weighted by Gasteiger charge is -2.17. The fourth-order valence-corrected chi connectivity index (χ4v) is 3.66. The second-order valence-corrected chi connectivity index (χ2v) is 7.35. The van der Waals surface area contributed by atoms with Gasteiger partial charge in [0.05, 0.1) is 19.6 Å². The Morgan fingerprint density at radius 3 is 2.43 bits per heavy atom. The summed E-state index contributed by atoms with van der Waals surface area (Å²) < 4.78 is 10.2. The van der Waals surface area contributed by atoms with Gasteiger partial charge in [0, 0.05) is 12.7 Å². The summed E-state index contributed by atoms with van der Waals surface area (Å²) >= 11 is 1.02. The number of nitrogens with one attached hydrogen (secondary N) is 1. The number of rotatable bonds is 8. The number of hydrogen-bond donors (Lipinski definition) is 1. The molecule has 1 N–H and O–H groups in total. The molecule has 6 nitrogen and oxygen atoms in total. The van der Waals surface area contributed by atoms with Crippen molar-refractivity contribution in [1.29, 1.82) is 0 Å². The molecule has 7 heteroatoms. The Morgan fingerprint density at radius 2 is 1.79 bits per heavy atom. The largest absolute Gasteiger partial charge is 0.497 e. The van der Waals surface area contributed by atoms with Gasteiger partial charge in [-0.3, -0.25) is 9.59 Å². The van der Waals surface area contributed by atoms with Gasteiger partial charge in [0.15, 0.2) is 5.12 Å². The van der Waals surface area contributed by atoms with E-state index in [4.69, 9.17) is 9.47 Å². The van der Waals surface area contributed by atoms with Crippen molar-refractivity contribution in [3.05, 3.63) is 42.0 Å². The summed E-state index contributed by atoms with van der Waals surface area (Å²) in [5, 5.41) is 4.51. The van der Waals surface area contributed by atoms with Crippen molar-refractivity contribution in [3.63, 3.8) is 0 Å². The highest BCUT2D eigenvalue weighted by atomic mass is 32.2. The van der Waals surface area contributed by atoms with Crippen molar-refractivity contribution >= 4 is 39.5 Å². The summed E-state index contributed by atoms with van der Waals surface area (Å²) in [5.74, 6) is -0.319. The smallest absolute Gasteiger partial charge is 0.329 e. The lowest BCUT2D eigenvalue weighted by Crippen LogP contribution is -2.43. The standard InChI is InChI=1S/C21H25NO5S/c1-5-27-20(24)19(22-14(3)23)12-28-21(25)13(2)15-6-7-17-11-18(26-4)9-8-16(17)10-15/h6-11,13,19H,5,12H2,1-4H3,(H,22,23)/t13-,19?/m0/s1. The number of methoxy groups -OCH3 is 1. The van der Waals surface area contributed by atoms with Crippen LogP contribution in [0.4, 0.5) is 0 Å². The van der Waals surface area contributed by atoms with Crippen LogP contribution in [0.25, 0.3) is 10.8 Å². The SMILES string of the molecule is CCOC(=O)C(CSC(=O)[C@@H](C)c1ccc2cc(OC)ccc2c1)NC(C)=O. The van der Waals surface area contributed by atoms with Gasteiger partial charge in [-0.05, 0) is 35.4 Å². The molecule has 0 fully saturated rings. The zero-order chi connectivity index (χ0) is 20.7. The van der Waals surface area contributed by atoms with Crippen LogP contribution < -0.4 is 10.1 Å². The van der Waals surface area contributed by atoms with Gasteiger partial charge >= 0.3 is 5.97 Å². The van der Waals surface area contributed by atoms with Crippen LogP contribution in [0.5, 0.6) is 5.75 Å². The Morgan fingerprint density at radius 1 is 1.11 bits per heavy atom. The lowest BCUT2D eigenvalue weighted by atomic mass is 9.99. The molecule has 0 aromatic heterocycles. The molecule has 2 aromatic carbocycles. The topological polar surface area (TPSA) is 81.7 Å². The highest BCUT2D eigenvalue weighted by Gasteiger charge is 2.24. The molecular formula is C21H25NO5S. The number of amides is 1. The first kappa shape index (κ1) is 21.8. The maximum Gasteiger partial charge on any atom is 0.329 e. The third-order valence-electron chi connectivity index (χ3n) is 4.27. The lowest BCUT2D eigenvalue weighted by molar-refractivity contribution is -0.146. The second-order valence-electron chi connectivity index (χ2n) is 6.33. The van der Waals surface area contributed by atoms with Crippen LogP contribution in [0.2, 0.25) is 0 Å². The molecular weight excluding hydrogens is 378 g/mol. The molecule has 0 aliphatic heterocycles. The maximum atomic E-state index is 12.6. The van der Waals surface area contributed by atoms with E-state index in [0.717, 1.165) is 33.8 Å². The first-order chi connectivity index (χ1) is 13.3. The summed E-state index contributed by atoms with van der Waals surface area (Å²) in [6, 6.07) is 10.8. The molecule has 0 aliphatic rings. The average Bonchev–Trinajstić information content (AvgIpc) is 2.69. The molecule has 150 valence electrons. The zero-order valence-electron chi connectivity index (χ0n) is 16.5. The number of hydrogen-bond acceptors (Lipinski definition) is 6. The minimum absolute atomic E-state index is 0.0764. The molecule has 0 bridgehead atoms. The number of esters is 1. The van der Waals surface area contributed by atoms with Crippen molar-refractivity contribution in [2.24, 2.45) is 0 Å². The molecule has 2 aromatic rings. The van der Waals surface area contributed by atoms with Crippen LogP contribution in [0.1, 0.15) is 32.3 Å². The predicted molar refractivity (Wildman–Crippen MR) is 111 cm³/mol. The number of fused-ring (bicyclic) bond motifs is 1. The summed E-state index contributed by atoms with van der Waals surface area (Å²) in [6.07, 6.45) is 0. The van der Waals surface area contributed by atoms with E-state index in [0.29, 0.717) is 0 Å². The van der Waals surface area contributed by atoms with E-state index in [-0.39, 0.29) is 29.3 Å². The van der Waals surface area contributed by atoms with Crippen LogP contribution in [0.3, 0.4) is 0 Å². The van der Waals surface area contributed by atoms with E-state index in [1.165, 1.54) is 6.92 Å². The Balaban J connectivity index is 2.07. The predicted octanol–water partition coefficient (Wildman–Crippen LogP) is 3.28. The highest BCUT2D eigenvalue weighted by Crippen LogP contribution is 2.28. The van der Waals surface area contributed by atoms with Crippen molar-refractivity contribution in [2.45, 2.75) is 32.7 Å². The van der Waals surface area contributed by atoms with E-state index in [1.807, 2.05) is 43.3 Å². The van der Waals surface area contributed by atoms with E-state index in [2.05, 4.69) is 5.32 Å². The molecule has 0 heterocycles. The summed E-state index contributed by atoms with van der Waals surface area (Å²) in [5.41, 5.74) is 0.891. The second kappa shape index (κ2) is 10.1. The van der Waals surface area contributed by atoms with Crippen molar-refractivity contribution in [2.75, 3.05) is 19.5 Å². The van der Waals surface area contributed by atoms with Gasteiger partial charge in [0.25, 0.3) is 0 Å². The fraction of sp³-hybridized carbons (Fsp3) is 0.381. The minimum atomic E-state index is -0.845. The van der Waals surface area contributed by atoms with E-state index in [1.54, 1.807) is 14.0 Å². The van der Waals surface area contributed by atoms with Crippen LogP contribution >= 0.6 is 11.8 Å². The van der Waals surface area contributed by atoms with E-state index < -0.39 is 12.0 Å². The molecule has 2 atom stereocenters. The number of thioether (sulfide) groups is 1.